The lowest BCUT2D eigenvalue weighted by Gasteiger charge is -2.31. The van der Waals surface area contributed by atoms with Gasteiger partial charge in [-0.1, -0.05) is 24.3 Å². The Balaban J connectivity index is 1.99. The fourth-order valence-electron chi connectivity index (χ4n) is 2.05. The van der Waals surface area contributed by atoms with Crippen molar-refractivity contribution in [3.05, 3.63) is 35.4 Å². The smallest absolute Gasteiger partial charge is 0.263 e. The SMILES string of the molecule is NCC(NN1CCOCC1)c1ccc(C(F)F)cc1. The Labute approximate surface area is 111 Å². The fourth-order valence-corrected chi connectivity index (χ4v) is 2.05. The number of hydrazine groups is 1. The summed E-state index contributed by atoms with van der Waals surface area (Å²) in [6.45, 7) is 3.38. The Kier molecular flexibility index (Phi) is 5.21. The monoisotopic (exact) mass is 271 g/mol. The fraction of sp³-hybridized carbons (Fsp3) is 0.538. The number of nitrogens with zero attached hydrogens (tertiary/aromatic N) is 1. The first-order valence-electron chi connectivity index (χ1n) is 6.37. The molecule has 1 atom stereocenters. The molecule has 1 fully saturated rings. The van der Waals surface area contributed by atoms with E-state index in [9.17, 15) is 8.78 Å². The van der Waals surface area contributed by atoms with Gasteiger partial charge in [0.15, 0.2) is 0 Å². The molecule has 0 amide bonds. The van der Waals surface area contributed by atoms with Crippen molar-refractivity contribution >= 4 is 0 Å². The highest BCUT2D eigenvalue weighted by Crippen LogP contribution is 2.21. The molecule has 0 bridgehead atoms. The quantitative estimate of drug-likeness (QED) is 0.851. The third kappa shape index (κ3) is 3.94. The Bertz CT molecular complexity index is 380. The van der Waals surface area contributed by atoms with Crippen LogP contribution >= 0.6 is 0 Å². The number of ether oxygens (including phenoxy) is 1. The summed E-state index contributed by atoms with van der Waals surface area (Å²) < 4.78 is 30.3. The van der Waals surface area contributed by atoms with Crippen LogP contribution in [0.2, 0.25) is 0 Å². The molecule has 0 aromatic heterocycles. The molecular weight excluding hydrogens is 252 g/mol. The number of benzene rings is 1. The summed E-state index contributed by atoms with van der Waals surface area (Å²) in [6.07, 6.45) is -2.43. The van der Waals surface area contributed by atoms with Crippen LogP contribution in [0.25, 0.3) is 0 Å². The molecular formula is C13H19F2N3O. The molecule has 0 aliphatic carbocycles. The normalized spacial score (nSPS) is 18.7. The topological polar surface area (TPSA) is 50.5 Å². The van der Waals surface area contributed by atoms with E-state index in [1.54, 1.807) is 12.1 Å². The minimum absolute atomic E-state index is 0.0332. The van der Waals surface area contributed by atoms with E-state index in [-0.39, 0.29) is 11.6 Å². The van der Waals surface area contributed by atoms with Crippen molar-refractivity contribution in [1.82, 2.24) is 10.4 Å². The number of hydrogen-bond acceptors (Lipinski definition) is 4. The van der Waals surface area contributed by atoms with Crippen molar-refractivity contribution in [2.75, 3.05) is 32.8 Å². The van der Waals surface area contributed by atoms with Crippen LogP contribution in [-0.4, -0.2) is 37.9 Å². The number of rotatable bonds is 5. The number of alkyl halides is 2. The van der Waals surface area contributed by atoms with Gasteiger partial charge in [0.05, 0.1) is 19.3 Å². The first-order valence-corrected chi connectivity index (χ1v) is 6.37. The zero-order valence-electron chi connectivity index (χ0n) is 10.7. The largest absolute Gasteiger partial charge is 0.379 e. The summed E-state index contributed by atoms with van der Waals surface area (Å²) in [6, 6.07) is 6.23. The Morgan fingerprint density at radius 2 is 1.74 bits per heavy atom. The van der Waals surface area contributed by atoms with Crippen LogP contribution in [0.4, 0.5) is 8.78 Å². The lowest BCUT2D eigenvalue weighted by atomic mass is 10.1. The van der Waals surface area contributed by atoms with Gasteiger partial charge in [0.1, 0.15) is 0 Å². The summed E-state index contributed by atoms with van der Waals surface area (Å²) in [5.74, 6) is 0. The average Bonchev–Trinajstić information content (AvgIpc) is 2.46. The summed E-state index contributed by atoms with van der Waals surface area (Å²) >= 11 is 0. The maximum absolute atomic E-state index is 12.5. The minimum Gasteiger partial charge on any atom is -0.379 e. The van der Waals surface area contributed by atoms with E-state index in [0.29, 0.717) is 19.8 Å². The van der Waals surface area contributed by atoms with Gasteiger partial charge in [-0.05, 0) is 5.56 Å². The van der Waals surface area contributed by atoms with Crippen LogP contribution in [0.5, 0.6) is 0 Å². The van der Waals surface area contributed by atoms with Crippen LogP contribution in [-0.2, 0) is 4.74 Å². The number of hydrogen-bond donors (Lipinski definition) is 2. The maximum Gasteiger partial charge on any atom is 0.263 e. The first-order chi connectivity index (χ1) is 9.20. The van der Waals surface area contributed by atoms with Crippen LogP contribution in [0.3, 0.4) is 0 Å². The Morgan fingerprint density at radius 3 is 2.26 bits per heavy atom. The third-order valence-corrected chi connectivity index (χ3v) is 3.18. The minimum atomic E-state index is -2.43. The highest BCUT2D eigenvalue weighted by atomic mass is 19.3. The lowest BCUT2D eigenvalue weighted by molar-refractivity contribution is 0.00404. The highest BCUT2D eigenvalue weighted by Gasteiger charge is 2.16. The van der Waals surface area contributed by atoms with Gasteiger partial charge in [0, 0.05) is 25.2 Å². The summed E-state index contributed by atoms with van der Waals surface area (Å²) in [7, 11) is 0. The first kappa shape index (κ1) is 14.3. The van der Waals surface area contributed by atoms with E-state index in [2.05, 4.69) is 10.4 Å². The van der Waals surface area contributed by atoms with Crippen LogP contribution < -0.4 is 11.2 Å². The Morgan fingerprint density at radius 1 is 1.16 bits per heavy atom. The average molecular weight is 271 g/mol. The van der Waals surface area contributed by atoms with Gasteiger partial charge in [0.2, 0.25) is 0 Å². The maximum atomic E-state index is 12.5. The van der Waals surface area contributed by atoms with Crippen molar-refractivity contribution in [2.24, 2.45) is 5.73 Å². The second kappa shape index (κ2) is 6.91. The molecule has 0 spiro atoms. The van der Waals surface area contributed by atoms with Gasteiger partial charge in [-0.3, -0.25) is 0 Å². The summed E-state index contributed by atoms with van der Waals surface area (Å²) in [4.78, 5) is 0. The molecule has 1 aliphatic rings. The molecule has 1 heterocycles. The molecule has 0 radical (unpaired) electrons. The zero-order valence-corrected chi connectivity index (χ0v) is 10.7. The van der Waals surface area contributed by atoms with Crippen molar-refractivity contribution in [3.63, 3.8) is 0 Å². The predicted molar refractivity (Wildman–Crippen MR) is 68.7 cm³/mol. The molecule has 3 N–H and O–H groups in total. The van der Waals surface area contributed by atoms with Gasteiger partial charge in [-0.25, -0.2) is 19.2 Å². The predicted octanol–water partition coefficient (Wildman–Crippen LogP) is 1.46. The number of morpholine rings is 1. The van der Waals surface area contributed by atoms with Crippen molar-refractivity contribution in [3.8, 4) is 0 Å². The number of nitrogens with one attached hydrogen (secondary N) is 1. The molecule has 1 unspecified atom stereocenters. The van der Waals surface area contributed by atoms with E-state index < -0.39 is 6.43 Å². The summed E-state index contributed by atoms with van der Waals surface area (Å²) in [5, 5.41) is 2.06. The second-order valence-corrected chi connectivity index (χ2v) is 4.48. The van der Waals surface area contributed by atoms with Crippen molar-refractivity contribution in [1.29, 1.82) is 0 Å². The molecule has 4 nitrogen and oxygen atoms in total. The van der Waals surface area contributed by atoms with Crippen molar-refractivity contribution in [2.45, 2.75) is 12.5 Å². The van der Waals surface area contributed by atoms with E-state index in [0.717, 1.165) is 18.7 Å². The molecule has 19 heavy (non-hydrogen) atoms. The van der Waals surface area contributed by atoms with Crippen molar-refractivity contribution < 1.29 is 13.5 Å². The number of halogens is 2. The molecule has 106 valence electrons. The van der Waals surface area contributed by atoms with Crippen LogP contribution in [0.1, 0.15) is 23.6 Å². The molecule has 1 aromatic rings. The van der Waals surface area contributed by atoms with E-state index in [1.165, 1.54) is 12.1 Å². The van der Waals surface area contributed by atoms with E-state index >= 15 is 0 Å². The molecule has 6 heteroatoms. The van der Waals surface area contributed by atoms with Crippen LogP contribution in [0, 0.1) is 0 Å². The van der Waals surface area contributed by atoms with Crippen LogP contribution in [0.15, 0.2) is 24.3 Å². The van der Waals surface area contributed by atoms with E-state index in [4.69, 9.17) is 10.5 Å². The van der Waals surface area contributed by atoms with Gasteiger partial charge in [0.25, 0.3) is 6.43 Å². The van der Waals surface area contributed by atoms with Gasteiger partial charge < -0.3 is 10.5 Å². The lowest BCUT2D eigenvalue weighted by Crippen LogP contribution is -2.48. The molecule has 2 rings (SSSR count). The summed E-state index contributed by atoms with van der Waals surface area (Å²) in [5.41, 5.74) is 10.0. The van der Waals surface area contributed by atoms with Gasteiger partial charge in [-0.2, -0.15) is 0 Å². The molecule has 1 saturated heterocycles. The third-order valence-electron chi connectivity index (χ3n) is 3.18. The Hall–Kier alpha value is -1.08. The zero-order chi connectivity index (χ0) is 13.7. The van der Waals surface area contributed by atoms with Gasteiger partial charge in [-0.15, -0.1) is 0 Å². The molecule has 0 saturated carbocycles. The standard InChI is InChI=1S/C13H19F2N3O/c14-13(15)11-3-1-10(2-4-11)12(9-16)17-18-5-7-19-8-6-18/h1-4,12-13,17H,5-9,16H2. The molecule has 1 aromatic carbocycles. The van der Waals surface area contributed by atoms with Gasteiger partial charge >= 0.3 is 0 Å². The highest BCUT2D eigenvalue weighted by molar-refractivity contribution is 5.25. The molecule has 1 aliphatic heterocycles. The second-order valence-electron chi connectivity index (χ2n) is 4.48. The number of nitrogens with two attached hydrogens (primary N) is 1. The van der Waals surface area contributed by atoms with E-state index in [1.807, 2.05) is 0 Å².